The Bertz CT molecular complexity index is 463. The first-order valence-corrected chi connectivity index (χ1v) is 3.29. The number of primary amides is 1. The van der Waals surface area contributed by atoms with Crippen molar-refractivity contribution < 1.29 is 19.8 Å². The smallest absolute Gasteiger partial charge is 0.358 e. The van der Waals surface area contributed by atoms with Crippen molar-refractivity contribution in [1.29, 1.82) is 0 Å². The summed E-state index contributed by atoms with van der Waals surface area (Å²) in [5.74, 6) is -2.70. The molecular formula is C6H5N3O5. The lowest BCUT2D eigenvalue weighted by Gasteiger charge is -2.01. The molecule has 0 aliphatic heterocycles. The van der Waals surface area contributed by atoms with E-state index in [0.717, 1.165) is 0 Å². The summed E-state index contributed by atoms with van der Waals surface area (Å²) in [7, 11) is 0. The van der Waals surface area contributed by atoms with Crippen molar-refractivity contribution in [3.05, 3.63) is 22.4 Å². The van der Waals surface area contributed by atoms with Gasteiger partial charge in [0.15, 0.2) is 5.69 Å². The van der Waals surface area contributed by atoms with Crippen LogP contribution in [0.4, 0.5) is 4.79 Å². The number of nitrogens with two attached hydrogens (primary N) is 1. The van der Waals surface area contributed by atoms with Gasteiger partial charge in [0.2, 0.25) is 5.75 Å². The Balaban J connectivity index is 3.49. The van der Waals surface area contributed by atoms with Gasteiger partial charge >= 0.3 is 17.6 Å². The minimum absolute atomic E-state index is 0.293. The van der Waals surface area contributed by atoms with E-state index in [-0.39, 0.29) is 0 Å². The second kappa shape index (κ2) is 3.17. The first-order valence-electron chi connectivity index (χ1n) is 3.29. The molecule has 0 aromatic carbocycles. The quantitative estimate of drug-likeness (QED) is 0.507. The van der Waals surface area contributed by atoms with Crippen LogP contribution in [0.1, 0.15) is 10.5 Å². The molecular weight excluding hydrogens is 194 g/mol. The molecule has 0 spiro atoms. The van der Waals surface area contributed by atoms with E-state index in [4.69, 9.17) is 15.9 Å². The minimum atomic E-state index is -1.57. The van der Waals surface area contributed by atoms with Crippen molar-refractivity contribution in [3.8, 4) is 5.75 Å². The first-order chi connectivity index (χ1) is 6.45. The Kier molecular flexibility index (Phi) is 2.19. The van der Waals surface area contributed by atoms with Crippen LogP contribution in [0.5, 0.6) is 5.75 Å². The number of aromatic nitrogens is 2. The van der Waals surface area contributed by atoms with Gasteiger partial charge in [-0.1, -0.05) is 0 Å². The molecule has 0 bridgehead atoms. The van der Waals surface area contributed by atoms with E-state index >= 15 is 0 Å². The van der Waals surface area contributed by atoms with Gasteiger partial charge in [0.05, 0.1) is 0 Å². The number of aromatic hydroxyl groups is 1. The van der Waals surface area contributed by atoms with Crippen molar-refractivity contribution in [3.63, 3.8) is 0 Å². The topological polar surface area (TPSA) is 136 Å². The molecule has 4 N–H and O–H groups in total. The van der Waals surface area contributed by atoms with Gasteiger partial charge in [-0.25, -0.2) is 19.1 Å². The Morgan fingerprint density at radius 1 is 1.50 bits per heavy atom. The molecule has 1 amide bonds. The van der Waals surface area contributed by atoms with Gasteiger partial charge in [-0.05, 0) is 0 Å². The molecule has 1 aromatic heterocycles. The van der Waals surface area contributed by atoms with E-state index in [2.05, 4.69) is 4.98 Å². The standard InChI is InChI=1S/C6H5N3O5/c7-6(14)9-1-8-2(5(12)13)3(10)4(9)11/h1,10H,(H2,7,14)(H,12,13). The van der Waals surface area contributed by atoms with Crippen molar-refractivity contribution in [2.75, 3.05) is 0 Å². The number of hydrogen-bond acceptors (Lipinski definition) is 5. The molecule has 8 heteroatoms. The molecule has 1 rings (SSSR count). The average molecular weight is 199 g/mol. The van der Waals surface area contributed by atoms with Gasteiger partial charge in [-0.15, -0.1) is 0 Å². The second-order valence-electron chi connectivity index (χ2n) is 2.26. The van der Waals surface area contributed by atoms with Gasteiger partial charge in [-0.2, -0.15) is 0 Å². The summed E-state index contributed by atoms with van der Waals surface area (Å²) in [6, 6.07) is -1.16. The first kappa shape index (κ1) is 9.71. The zero-order chi connectivity index (χ0) is 10.9. The fraction of sp³-hybridized carbons (Fsp3) is 0. The lowest BCUT2D eigenvalue weighted by atomic mass is 10.4. The molecule has 1 aromatic rings. The van der Waals surface area contributed by atoms with Crippen molar-refractivity contribution in [2.24, 2.45) is 5.73 Å². The number of amides is 1. The van der Waals surface area contributed by atoms with Crippen LogP contribution in [0.3, 0.4) is 0 Å². The number of nitrogens with zero attached hydrogens (tertiary/aromatic N) is 2. The maximum atomic E-state index is 11.0. The molecule has 14 heavy (non-hydrogen) atoms. The highest BCUT2D eigenvalue weighted by atomic mass is 16.4. The predicted octanol–water partition coefficient (Wildman–Crippen LogP) is -1.43. The zero-order valence-corrected chi connectivity index (χ0v) is 6.67. The number of carbonyl (C=O) groups is 2. The summed E-state index contributed by atoms with van der Waals surface area (Å²) in [4.78, 5) is 35.1. The number of rotatable bonds is 1. The van der Waals surface area contributed by atoms with Gasteiger partial charge in [0, 0.05) is 0 Å². The summed E-state index contributed by atoms with van der Waals surface area (Å²) in [5.41, 5.74) is 2.69. The van der Waals surface area contributed by atoms with Gasteiger partial charge < -0.3 is 15.9 Å². The fourth-order valence-corrected chi connectivity index (χ4v) is 0.758. The van der Waals surface area contributed by atoms with Crippen LogP contribution in [-0.2, 0) is 0 Å². The molecule has 0 aliphatic carbocycles. The van der Waals surface area contributed by atoms with E-state index in [9.17, 15) is 14.4 Å². The lowest BCUT2D eigenvalue weighted by Crippen LogP contribution is -2.32. The van der Waals surface area contributed by atoms with Crippen LogP contribution in [-0.4, -0.2) is 31.8 Å². The summed E-state index contributed by atoms with van der Waals surface area (Å²) in [6.45, 7) is 0. The van der Waals surface area contributed by atoms with Gasteiger partial charge in [0.1, 0.15) is 6.33 Å². The molecule has 1 heterocycles. The van der Waals surface area contributed by atoms with E-state index < -0.39 is 29.0 Å². The van der Waals surface area contributed by atoms with Crippen molar-refractivity contribution >= 4 is 12.0 Å². The molecule has 0 aliphatic rings. The lowest BCUT2D eigenvalue weighted by molar-refractivity contribution is 0.0686. The van der Waals surface area contributed by atoms with Crippen LogP contribution in [0.2, 0.25) is 0 Å². The minimum Gasteiger partial charge on any atom is -0.501 e. The molecule has 0 saturated carbocycles. The SMILES string of the molecule is NC(=O)n1cnc(C(=O)O)c(O)c1=O. The van der Waals surface area contributed by atoms with E-state index in [1.807, 2.05) is 0 Å². The third-order valence-corrected chi connectivity index (χ3v) is 1.39. The van der Waals surface area contributed by atoms with Crippen LogP contribution in [0.25, 0.3) is 0 Å². The number of carbonyl (C=O) groups excluding carboxylic acids is 1. The van der Waals surface area contributed by atoms with Gasteiger partial charge in [0.25, 0.3) is 0 Å². The summed E-state index contributed by atoms with van der Waals surface area (Å²) < 4.78 is 0.293. The number of aromatic carboxylic acids is 1. The Labute approximate surface area is 76.2 Å². The monoisotopic (exact) mass is 199 g/mol. The molecule has 0 saturated heterocycles. The van der Waals surface area contributed by atoms with Gasteiger partial charge in [-0.3, -0.25) is 4.79 Å². The van der Waals surface area contributed by atoms with Crippen LogP contribution in [0.15, 0.2) is 11.1 Å². The van der Waals surface area contributed by atoms with Crippen molar-refractivity contribution in [2.45, 2.75) is 0 Å². The van der Waals surface area contributed by atoms with Crippen LogP contribution in [0, 0.1) is 0 Å². The highest BCUT2D eigenvalue weighted by Crippen LogP contribution is 2.05. The Morgan fingerprint density at radius 3 is 2.50 bits per heavy atom. The normalized spacial score (nSPS) is 9.71. The third-order valence-electron chi connectivity index (χ3n) is 1.39. The Morgan fingerprint density at radius 2 is 2.07 bits per heavy atom. The molecule has 8 nitrogen and oxygen atoms in total. The summed E-state index contributed by atoms with van der Waals surface area (Å²) >= 11 is 0. The number of carboxylic acids is 1. The average Bonchev–Trinajstić information content (AvgIpc) is 2.08. The van der Waals surface area contributed by atoms with Crippen LogP contribution >= 0.6 is 0 Å². The van der Waals surface area contributed by atoms with Crippen molar-refractivity contribution in [1.82, 2.24) is 9.55 Å². The molecule has 0 fully saturated rings. The highest BCUT2D eigenvalue weighted by Gasteiger charge is 2.17. The largest absolute Gasteiger partial charge is 0.501 e. The number of hydrogen-bond donors (Lipinski definition) is 3. The number of carboxylic acid groups (broad SMARTS) is 1. The van der Waals surface area contributed by atoms with E-state index in [1.165, 1.54) is 0 Å². The molecule has 74 valence electrons. The molecule has 0 atom stereocenters. The predicted molar refractivity (Wildman–Crippen MR) is 42.1 cm³/mol. The van der Waals surface area contributed by atoms with Crippen LogP contribution < -0.4 is 11.3 Å². The van der Waals surface area contributed by atoms with E-state index in [0.29, 0.717) is 10.9 Å². The molecule has 0 radical (unpaired) electrons. The summed E-state index contributed by atoms with van der Waals surface area (Å²) in [6.07, 6.45) is 0.633. The zero-order valence-electron chi connectivity index (χ0n) is 6.67. The maximum absolute atomic E-state index is 11.0. The third kappa shape index (κ3) is 1.40. The fourth-order valence-electron chi connectivity index (χ4n) is 0.758. The highest BCUT2D eigenvalue weighted by molar-refractivity contribution is 5.88. The maximum Gasteiger partial charge on any atom is 0.358 e. The van der Waals surface area contributed by atoms with E-state index in [1.54, 1.807) is 0 Å². The molecule has 0 unspecified atom stereocenters. The second-order valence-corrected chi connectivity index (χ2v) is 2.26. The summed E-state index contributed by atoms with van der Waals surface area (Å²) in [5, 5.41) is 17.4. The Hall–Kier alpha value is -2.38.